The van der Waals surface area contributed by atoms with E-state index in [-0.39, 0.29) is 5.69 Å². The lowest BCUT2D eigenvalue weighted by Gasteiger charge is -2.03. The minimum absolute atomic E-state index is 0.162. The second-order valence-corrected chi connectivity index (χ2v) is 5.32. The van der Waals surface area contributed by atoms with Gasteiger partial charge in [0.15, 0.2) is 0 Å². The van der Waals surface area contributed by atoms with Gasteiger partial charge in [-0.15, -0.1) is 0 Å². The smallest absolute Gasteiger partial charge is 0.357 e. The van der Waals surface area contributed by atoms with Crippen LogP contribution in [0.1, 0.15) is 11.3 Å². The summed E-state index contributed by atoms with van der Waals surface area (Å²) in [4.78, 5) is 36.9. The second-order valence-electron chi connectivity index (χ2n) is 4.15. The molecule has 0 radical (unpaired) electrons. The number of H-pyrrole nitrogens is 2. The molecule has 0 aliphatic heterocycles. The first kappa shape index (κ1) is 15.9. The zero-order valence-electron chi connectivity index (χ0n) is 11.3. The number of aromatic amines is 2. The highest BCUT2D eigenvalue weighted by Gasteiger charge is 2.18. The highest BCUT2D eigenvalue weighted by Crippen LogP contribution is 2.22. The van der Waals surface area contributed by atoms with Crippen molar-refractivity contribution >= 4 is 40.4 Å². The van der Waals surface area contributed by atoms with Gasteiger partial charge in [-0.25, -0.2) is 4.79 Å². The predicted octanol–water partition coefficient (Wildman–Crippen LogP) is 1.75. The fraction of sp³-hybridized carbons (Fsp3) is 0.0769. The Balaban J connectivity index is 2.46. The van der Waals surface area contributed by atoms with Crippen LogP contribution in [-0.2, 0) is 0 Å². The van der Waals surface area contributed by atoms with Gasteiger partial charge in [0, 0.05) is 0 Å². The van der Waals surface area contributed by atoms with Crippen molar-refractivity contribution in [3.05, 3.63) is 64.0 Å². The molecule has 1 aromatic heterocycles. The Morgan fingerprint density at radius 2 is 2.00 bits per heavy atom. The monoisotopic (exact) mass is 415 g/mol. The number of methoxy groups -OCH3 is 1. The summed E-state index contributed by atoms with van der Waals surface area (Å²) in [6, 6.07) is 5.29. The van der Waals surface area contributed by atoms with Crippen molar-refractivity contribution in [2.24, 2.45) is 0 Å². The van der Waals surface area contributed by atoms with Crippen LogP contribution in [0.2, 0.25) is 0 Å². The van der Waals surface area contributed by atoms with E-state index in [1.54, 1.807) is 31.4 Å². The second kappa shape index (κ2) is 6.56. The minimum Gasteiger partial charge on any atom is -0.496 e. The average Bonchev–Trinajstić information content (AvgIpc) is 2.44. The quantitative estimate of drug-likeness (QED) is 0.448. The Bertz CT molecular complexity index is 869. The molecule has 2 aromatic rings. The Kier molecular flexibility index (Phi) is 4.75. The van der Waals surface area contributed by atoms with Crippen molar-refractivity contribution in [1.82, 2.24) is 9.97 Å². The van der Waals surface area contributed by atoms with Crippen molar-refractivity contribution in [1.29, 1.82) is 0 Å². The molecule has 0 atom stereocenters. The van der Waals surface area contributed by atoms with E-state index >= 15 is 0 Å². The van der Waals surface area contributed by atoms with E-state index in [2.05, 4.69) is 27.6 Å². The van der Waals surface area contributed by atoms with Crippen LogP contribution in [-0.4, -0.2) is 22.0 Å². The first-order valence-electron chi connectivity index (χ1n) is 5.95. The SMILES string of the molecule is COc1ccc(/C=C/c2[nH]c(=O)[nH]c(=O)c2[N+](=O)[O-])cc1I. The molecule has 0 saturated carbocycles. The third kappa shape index (κ3) is 3.42. The maximum absolute atomic E-state index is 11.5. The van der Waals surface area contributed by atoms with Gasteiger partial charge < -0.3 is 9.72 Å². The third-order valence-corrected chi connectivity index (χ3v) is 3.59. The Morgan fingerprint density at radius 1 is 1.27 bits per heavy atom. The molecule has 0 saturated heterocycles. The molecular formula is C13H10IN3O5. The molecule has 9 heteroatoms. The van der Waals surface area contributed by atoms with Gasteiger partial charge in [-0.05, 0) is 46.4 Å². The number of aromatic nitrogens is 2. The molecule has 0 fully saturated rings. The fourth-order valence-corrected chi connectivity index (χ4v) is 2.52. The molecule has 0 aliphatic carbocycles. The maximum atomic E-state index is 11.5. The van der Waals surface area contributed by atoms with Gasteiger partial charge in [0.05, 0.1) is 15.6 Å². The summed E-state index contributed by atoms with van der Waals surface area (Å²) < 4.78 is 5.99. The van der Waals surface area contributed by atoms with Gasteiger partial charge in [0.1, 0.15) is 11.4 Å². The number of halogens is 1. The number of nitrogens with zero attached hydrogens (tertiary/aromatic N) is 1. The third-order valence-electron chi connectivity index (χ3n) is 2.75. The van der Waals surface area contributed by atoms with Crippen molar-refractivity contribution in [3.8, 4) is 5.75 Å². The largest absolute Gasteiger partial charge is 0.496 e. The first-order chi connectivity index (χ1) is 10.4. The van der Waals surface area contributed by atoms with E-state index in [0.29, 0.717) is 5.75 Å². The molecular weight excluding hydrogens is 405 g/mol. The maximum Gasteiger partial charge on any atom is 0.357 e. The molecule has 0 amide bonds. The summed E-state index contributed by atoms with van der Waals surface area (Å²) in [5.41, 5.74) is -1.98. The molecule has 0 aliphatic rings. The van der Waals surface area contributed by atoms with Gasteiger partial charge in [0.25, 0.3) is 0 Å². The molecule has 0 unspecified atom stereocenters. The van der Waals surface area contributed by atoms with Crippen LogP contribution in [0.5, 0.6) is 5.75 Å². The first-order valence-corrected chi connectivity index (χ1v) is 7.03. The van der Waals surface area contributed by atoms with Crippen molar-refractivity contribution in [2.75, 3.05) is 7.11 Å². The van der Waals surface area contributed by atoms with Gasteiger partial charge in [-0.2, -0.15) is 0 Å². The fourth-order valence-electron chi connectivity index (χ4n) is 1.77. The summed E-state index contributed by atoms with van der Waals surface area (Å²) in [5, 5.41) is 10.9. The summed E-state index contributed by atoms with van der Waals surface area (Å²) >= 11 is 2.09. The van der Waals surface area contributed by atoms with Gasteiger partial charge in [-0.3, -0.25) is 19.9 Å². The van der Waals surface area contributed by atoms with Crippen LogP contribution in [0.25, 0.3) is 12.2 Å². The number of hydrogen-bond acceptors (Lipinski definition) is 5. The molecule has 0 spiro atoms. The highest BCUT2D eigenvalue weighted by molar-refractivity contribution is 14.1. The van der Waals surface area contributed by atoms with E-state index in [0.717, 1.165) is 9.13 Å². The van der Waals surface area contributed by atoms with Crippen LogP contribution in [0, 0.1) is 13.7 Å². The number of ether oxygens (including phenoxy) is 1. The lowest BCUT2D eigenvalue weighted by molar-refractivity contribution is -0.386. The number of benzene rings is 1. The standard InChI is InChI=1S/C13H10IN3O5/c1-22-10-5-3-7(6-8(10)14)2-4-9-11(17(20)21)12(18)16-13(19)15-9/h2-6H,1H3,(H2,15,16,18,19)/b4-2+. The van der Waals surface area contributed by atoms with Crippen LogP contribution in [0.15, 0.2) is 27.8 Å². The molecule has 0 bridgehead atoms. The van der Waals surface area contributed by atoms with Crippen molar-refractivity contribution in [3.63, 3.8) is 0 Å². The normalized spacial score (nSPS) is 10.8. The lowest BCUT2D eigenvalue weighted by Crippen LogP contribution is -2.25. The van der Waals surface area contributed by atoms with Crippen LogP contribution in [0.4, 0.5) is 5.69 Å². The topological polar surface area (TPSA) is 118 Å². The molecule has 2 rings (SSSR count). The van der Waals surface area contributed by atoms with E-state index in [1.165, 1.54) is 6.08 Å². The summed E-state index contributed by atoms with van der Waals surface area (Å²) in [6.07, 6.45) is 2.87. The van der Waals surface area contributed by atoms with Gasteiger partial charge >= 0.3 is 16.9 Å². The molecule has 1 heterocycles. The number of nitrogens with one attached hydrogen (secondary N) is 2. The van der Waals surface area contributed by atoms with E-state index in [1.807, 2.05) is 4.98 Å². The van der Waals surface area contributed by atoms with Crippen LogP contribution in [0.3, 0.4) is 0 Å². The predicted molar refractivity (Wildman–Crippen MR) is 89.0 cm³/mol. The molecule has 2 N–H and O–H groups in total. The van der Waals surface area contributed by atoms with Crippen LogP contribution < -0.4 is 16.0 Å². The van der Waals surface area contributed by atoms with Crippen molar-refractivity contribution in [2.45, 2.75) is 0 Å². The highest BCUT2D eigenvalue weighted by atomic mass is 127. The zero-order valence-corrected chi connectivity index (χ0v) is 13.4. The molecule has 22 heavy (non-hydrogen) atoms. The summed E-state index contributed by atoms with van der Waals surface area (Å²) in [6.45, 7) is 0. The average molecular weight is 415 g/mol. The lowest BCUT2D eigenvalue weighted by atomic mass is 10.2. The van der Waals surface area contributed by atoms with Gasteiger partial charge in [-0.1, -0.05) is 12.1 Å². The van der Waals surface area contributed by atoms with Gasteiger partial charge in [0.2, 0.25) is 0 Å². The molecule has 114 valence electrons. The minimum atomic E-state index is -1.04. The van der Waals surface area contributed by atoms with E-state index < -0.39 is 21.9 Å². The molecule has 1 aromatic carbocycles. The Hall–Kier alpha value is -2.43. The molecule has 8 nitrogen and oxygen atoms in total. The van der Waals surface area contributed by atoms with Crippen LogP contribution >= 0.6 is 22.6 Å². The Morgan fingerprint density at radius 3 is 2.59 bits per heavy atom. The van der Waals surface area contributed by atoms with E-state index in [4.69, 9.17) is 4.74 Å². The summed E-state index contributed by atoms with van der Waals surface area (Å²) in [5.74, 6) is 0.702. The number of nitro groups is 1. The van der Waals surface area contributed by atoms with E-state index in [9.17, 15) is 19.7 Å². The Labute approximate surface area is 137 Å². The van der Waals surface area contributed by atoms with Crippen molar-refractivity contribution < 1.29 is 9.66 Å². The number of rotatable bonds is 4. The zero-order chi connectivity index (χ0) is 16.3. The number of hydrogen-bond donors (Lipinski definition) is 2. The summed E-state index contributed by atoms with van der Waals surface area (Å²) in [7, 11) is 1.55.